The molecule has 0 fully saturated rings. The monoisotopic (exact) mass is 336 g/mol. The van der Waals surface area contributed by atoms with E-state index >= 15 is 0 Å². The lowest BCUT2D eigenvalue weighted by molar-refractivity contribution is 0.180. The van der Waals surface area contributed by atoms with Crippen LogP contribution in [0.5, 0.6) is 5.75 Å². The number of hydrogen-bond donors (Lipinski definition) is 1. The number of hydrogen-bond acceptors (Lipinski definition) is 2. The van der Waals surface area contributed by atoms with Gasteiger partial charge in [-0.1, -0.05) is 22.0 Å². The molecule has 0 saturated heterocycles. The van der Waals surface area contributed by atoms with Crippen LogP contribution in [0.15, 0.2) is 40.9 Å². The molecule has 2 nitrogen and oxygen atoms in total. The van der Waals surface area contributed by atoms with Crippen molar-refractivity contribution in [3.05, 3.63) is 63.4 Å². The van der Waals surface area contributed by atoms with Gasteiger partial charge < -0.3 is 9.84 Å². The number of rotatable bonds is 3. The molecule has 0 aromatic heterocycles. The van der Waals surface area contributed by atoms with Crippen molar-refractivity contribution in [2.24, 2.45) is 0 Å². The van der Waals surface area contributed by atoms with E-state index in [1.54, 1.807) is 12.1 Å². The van der Waals surface area contributed by atoms with Gasteiger partial charge in [0.05, 0.1) is 6.10 Å². The standard InChI is InChI=1S/C16H14BrFO2/c17-12-2-5-15(18)11(7-12)9-20-13-3-4-14-10(8-13)1-6-16(14)19/h2-5,7-8,16,19H,1,6,9H2. The summed E-state index contributed by atoms with van der Waals surface area (Å²) in [5, 5.41) is 9.75. The Kier molecular flexibility index (Phi) is 3.76. The summed E-state index contributed by atoms with van der Waals surface area (Å²) in [6.07, 6.45) is 1.26. The molecule has 1 aliphatic carbocycles. The highest BCUT2D eigenvalue weighted by molar-refractivity contribution is 9.10. The molecule has 1 N–H and O–H groups in total. The minimum Gasteiger partial charge on any atom is -0.489 e. The van der Waals surface area contributed by atoms with Crippen molar-refractivity contribution in [2.45, 2.75) is 25.6 Å². The average molecular weight is 337 g/mol. The first-order valence-corrected chi connectivity index (χ1v) is 7.30. The largest absolute Gasteiger partial charge is 0.489 e. The number of halogens is 2. The van der Waals surface area contributed by atoms with E-state index in [9.17, 15) is 9.50 Å². The predicted octanol–water partition coefficient (Wildman–Crippen LogP) is 4.15. The van der Waals surface area contributed by atoms with Gasteiger partial charge in [-0.05, 0) is 54.3 Å². The van der Waals surface area contributed by atoms with Gasteiger partial charge in [0.15, 0.2) is 0 Å². The van der Waals surface area contributed by atoms with Crippen LogP contribution in [-0.4, -0.2) is 5.11 Å². The summed E-state index contributed by atoms with van der Waals surface area (Å²) in [7, 11) is 0. The fraction of sp³-hybridized carbons (Fsp3) is 0.250. The summed E-state index contributed by atoms with van der Waals surface area (Å²) in [4.78, 5) is 0. The summed E-state index contributed by atoms with van der Waals surface area (Å²) >= 11 is 3.32. The van der Waals surface area contributed by atoms with Crippen LogP contribution in [0.4, 0.5) is 4.39 Å². The van der Waals surface area contributed by atoms with Gasteiger partial charge in [0.25, 0.3) is 0 Å². The second-order valence-electron chi connectivity index (χ2n) is 4.94. The van der Waals surface area contributed by atoms with E-state index in [-0.39, 0.29) is 18.5 Å². The van der Waals surface area contributed by atoms with E-state index < -0.39 is 0 Å². The number of ether oxygens (including phenoxy) is 1. The minimum absolute atomic E-state index is 0.187. The summed E-state index contributed by atoms with van der Waals surface area (Å²) in [6.45, 7) is 0.187. The van der Waals surface area contributed by atoms with Crippen molar-refractivity contribution in [1.82, 2.24) is 0 Å². The Morgan fingerprint density at radius 2 is 2.10 bits per heavy atom. The molecule has 0 bridgehead atoms. The molecule has 3 rings (SSSR count). The molecule has 2 aromatic rings. The van der Waals surface area contributed by atoms with Gasteiger partial charge >= 0.3 is 0 Å². The molecule has 20 heavy (non-hydrogen) atoms. The molecular formula is C16H14BrFO2. The van der Waals surface area contributed by atoms with Gasteiger partial charge in [0, 0.05) is 10.0 Å². The van der Waals surface area contributed by atoms with Crippen molar-refractivity contribution in [3.63, 3.8) is 0 Å². The third kappa shape index (κ3) is 2.72. The first kappa shape index (κ1) is 13.6. The van der Waals surface area contributed by atoms with E-state index in [4.69, 9.17) is 4.74 Å². The minimum atomic E-state index is -0.360. The molecule has 0 radical (unpaired) electrons. The first-order valence-electron chi connectivity index (χ1n) is 6.51. The van der Waals surface area contributed by atoms with Crippen LogP contribution in [-0.2, 0) is 13.0 Å². The SMILES string of the molecule is OC1CCc2cc(OCc3cc(Br)ccc3F)ccc21. The number of aryl methyl sites for hydroxylation is 1. The van der Waals surface area contributed by atoms with E-state index in [0.717, 1.165) is 28.4 Å². The topological polar surface area (TPSA) is 29.5 Å². The van der Waals surface area contributed by atoms with Crippen LogP contribution in [0.3, 0.4) is 0 Å². The van der Waals surface area contributed by atoms with Crippen LogP contribution in [0.1, 0.15) is 29.2 Å². The normalized spacial score (nSPS) is 17.1. The zero-order chi connectivity index (χ0) is 14.1. The lowest BCUT2D eigenvalue weighted by Crippen LogP contribution is -1.99. The second kappa shape index (κ2) is 5.54. The van der Waals surface area contributed by atoms with Gasteiger partial charge in [-0.2, -0.15) is 0 Å². The van der Waals surface area contributed by atoms with Gasteiger partial charge in [0.2, 0.25) is 0 Å². The van der Waals surface area contributed by atoms with Crippen LogP contribution < -0.4 is 4.74 Å². The molecule has 1 atom stereocenters. The van der Waals surface area contributed by atoms with E-state index in [1.807, 2.05) is 18.2 Å². The Morgan fingerprint density at radius 1 is 1.25 bits per heavy atom. The summed E-state index contributed by atoms with van der Waals surface area (Å²) in [6, 6.07) is 10.4. The van der Waals surface area contributed by atoms with Gasteiger partial charge in [-0.3, -0.25) is 0 Å². The molecule has 4 heteroatoms. The van der Waals surface area contributed by atoms with E-state index in [0.29, 0.717) is 11.3 Å². The fourth-order valence-electron chi connectivity index (χ4n) is 2.48. The highest BCUT2D eigenvalue weighted by Gasteiger charge is 2.20. The molecule has 0 heterocycles. The summed E-state index contributed by atoms with van der Waals surface area (Å²) in [5.74, 6) is 0.432. The van der Waals surface area contributed by atoms with Crippen molar-refractivity contribution in [1.29, 1.82) is 0 Å². The Balaban J connectivity index is 1.74. The molecule has 1 aliphatic rings. The Bertz CT molecular complexity index is 642. The highest BCUT2D eigenvalue weighted by Crippen LogP contribution is 2.33. The maximum Gasteiger partial charge on any atom is 0.129 e. The van der Waals surface area contributed by atoms with Crippen molar-refractivity contribution in [2.75, 3.05) is 0 Å². The maximum absolute atomic E-state index is 13.6. The Morgan fingerprint density at radius 3 is 2.95 bits per heavy atom. The summed E-state index contributed by atoms with van der Waals surface area (Å²) in [5.41, 5.74) is 2.61. The Labute approximate surface area is 125 Å². The summed E-state index contributed by atoms with van der Waals surface area (Å²) < 4.78 is 20.1. The third-order valence-corrected chi connectivity index (χ3v) is 4.06. The van der Waals surface area contributed by atoms with Crippen molar-refractivity contribution >= 4 is 15.9 Å². The lowest BCUT2D eigenvalue weighted by Gasteiger charge is -2.10. The first-order chi connectivity index (χ1) is 9.63. The average Bonchev–Trinajstić information content (AvgIpc) is 2.81. The molecular weight excluding hydrogens is 323 g/mol. The number of aliphatic hydroxyl groups excluding tert-OH is 1. The molecule has 0 saturated carbocycles. The fourth-order valence-corrected chi connectivity index (χ4v) is 2.88. The number of aliphatic hydroxyl groups is 1. The zero-order valence-corrected chi connectivity index (χ0v) is 12.4. The number of fused-ring (bicyclic) bond motifs is 1. The second-order valence-corrected chi connectivity index (χ2v) is 5.86. The van der Waals surface area contributed by atoms with Crippen LogP contribution in [0, 0.1) is 5.82 Å². The van der Waals surface area contributed by atoms with Crippen LogP contribution >= 0.6 is 15.9 Å². The molecule has 0 aliphatic heterocycles. The van der Waals surface area contributed by atoms with Crippen LogP contribution in [0.2, 0.25) is 0 Å². The molecule has 2 aromatic carbocycles. The Hall–Kier alpha value is -1.39. The zero-order valence-electron chi connectivity index (χ0n) is 10.8. The maximum atomic E-state index is 13.6. The van der Waals surface area contributed by atoms with Crippen molar-refractivity contribution < 1.29 is 14.2 Å². The van der Waals surface area contributed by atoms with Gasteiger partial charge in [-0.25, -0.2) is 4.39 Å². The lowest BCUT2D eigenvalue weighted by atomic mass is 10.1. The third-order valence-electron chi connectivity index (χ3n) is 3.56. The molecule has 1 unspecified atom stereocenters. The number of benzene rings is 2. The smallest absolute Gasteiger partial charge is 0.129 e. The molecule has 0 spiro atoms. The van der Waals surface area contributed by atoms with Gasteiger partial charge in [0.1, 0.15) is 18.2 Å². The van der Waals surface area contributed by atoms with Crippen LogP contribution in [0.25, 0.3) is 0 Å². The van der Waals surface area contributed by atoms with E-state index in [1.165, 1.54) is 6.07 Å². The molecule has 0 amide bonds. The predicted molar refractivity (Wildman–Crippen MR) is 78.2 cm³/mol. The van der Waals surface area contributed by atoms with Crippen molar-refractivity contribution in [3.8, 4) is 5.75 Å². The quantitative estimate of drug-likeness (QED) is 0.912. The van der Waals surface area contributed by atoms with E-state index in [2.05, 4.69) is 15.9 Å². The highest BCUT2D eigenvalue weighted by atomic mass is 79.9. The van der Waals surface area contributed by atoms with Gasteiger partial charge in [-0.15, -0.1) is 0 Å². The molecule has 104 valence electrons.